The SMILES string of the molecule is CNCCC(CCNC)CNC.N. The third-order valence-electron chi connectivity index (χ3n) is 2.10. The van der Waals surface area contributed by atoms with Gasteiger partial charge in [0.1, 0.15) is 0 Å². The highest BCUT2D eigenvalue weighted by Gasteiger charge is 2.05. The highest BCUT2D eigenvalue weighted by molar-refractivity contribution is 4.63. The van der Waals surface area contributed by atoms with Crippen LogP contribution >= 0.6 is 0 Å². The van der Waals surface area contributed by atoms with Crippen LogP contribution in [-0.4, -0.2) is 40.8 Å². The highest BCUT2D eigenvalue weighted by Crippen LogP contribution is 2.05. The lowest BCUT2D eigenvalue weighted by molar-refractivity contribution is 0.421. The first kappa shape index (κ1) is 15.3. The zero-order valence-electron chi connectivity index (χ0n) is 9.32. The quantitative estimate of drug-likeness (QED) is 0.441. The van der Waals surface area contributed by atoms with Crippen molar-refractivity contribution in [2.24, 2.45) is 5.92 Å². The summed E-state index contributed by atoms with van der Waals surface area (Å²) in [5.41, 5.74) is 0. The summed E-state index contributed by atoms with van der Waals surface area (Å²) in [6.45, 7) is 3.37. The fourth-order valence-electron chi connectivity index (χ4n) is 1.33. The molecule has 0 aliphatic rings. The molecular formula is C9H26N4. The molecule has 0 atom stereocenters. The van der Waals surface area contributed by atoms with Crippen LogP contribution in [-0.2, 0) is 0 Å². The topological polar surface area (TPSA) is 71.1 Å². The van der Waals surface area contributed by atoms with Gasteiger partial charge in [0, 0.05) is 0 Å². The first-order chi connectivity index (χ1) is 5.85. The van der Waals surface area contributed by atoms with E-state index >= 15 is 0 Å². The van der Waals surface area contributed by atoms with E-state index in [9.17, 15) is 0 Å². The number of nitrogens with one attached hydrogen (secondary N) is 3. The van der Waals surface area contributed by atoms with Gasteiger partial charge in [-0.2, -0.15) is 0 Å². The van der Waals surface area contributed by atoms with Crippen molar-refractivity contribution in [2.45, 2.75) is 12.8 Å². The minimum Gasteiger partial charge on any atom is -0.344 e. The van der Waals surface area contributed by atoms with Crippen LogP contribution in [0.4, 0.5) is 0 Å². The van der Waals surface area contributed by atoms with E-state index in [2.05, 4.69) is 16.0 Å². The van der Waals surface area contributed by atoms with Gasteiger partial charge in [-0.05, 0) is 59.5 Å². The summed E-state index contributed by atoms with van der Waals surface area (Å²) in [6, 6.07) is 0. The lowest BCUT2D eigenvalue weighted by atomic mass is 10.0. The van der Waals surface area contributed by atoms with Gasteiger partial charge in [-0.1, -0.05) is 0 Å². The van der Waals surface area contributed by atoms with Gasteiger partial charge < -0.3 is 22.1 Å². The van der Waals surface area contributed by atoms with Gasteiger partial charge in [-0.25, -0.2) is 0 Å². The normalized spacial score (nSPS) is 10.2. The monoisotopic (exact) mass is 190 g/mol. The largest absolute Gasteiger partial charge is 0.344 e. The molecule has 0 aliphatic carbocycles. The predicted molar refractivity (Wildman–Crippen MR) is 59.5 cm³/mol. The van der Waals surface area contributed by atoms with Crippen LogP contribution < -0.4 is 22.1 Å². The molecule has 4 heteroatoms. The maximum absolute atomic E-state index is 3.23. The fraction of sp³-hybridized carbons (Fsp3) is 1.00. The van der Waals surface area contributed by atoms with Crippen LogP contribution in [0.2, 0.25) is 0 Å². The summed E-state index contributed by atoms with van der Waals surface area (Å²) in [6.07, 6.45) is 2.53. The lowest BCUT2D eigenvalue weighted by Crippen LogP contribution is -2.25. The molecule has 6 N–H and O–H groups in total. The van der Waals surface area contributed by atoms with E-state index in [1.807, 2.05) is 21.1 Å². The van der Waals surface area contributed by atoms with E-state index < -0.39 is 0 Å². The van der Waals surface area contributed by atoms with Crippen molar-refractivity contribution in [3.05, 3.63) is 0 Å². The van der Waals surface area contributed by atoms with Crippen molar-refractivity contribution in [3.63, 3.8) is 0 Å². The van der Waals surface area contributed by atoms with E-state index in [0.717, 1.165) is 25.6 Å². The molecule has 0 rings (SSSR count). The van der Waals surface area contributed by atoms with Crippen LogP contribution in [0.1, 0.15) is 12.8 Å². The van der Waals surface area contributed by atoms with E-state index in [4.69, 9.17) is 0 Å². The molecule has 0 fully saturated rings. The Kier molecular flexibility index (Phi) is 14.0. The lowest BCUT2D eigenvalue weighted by Gasteiger charge is -2.15. The highest BCUT2D eigenvalue weighted by atomic mass is 14.8. The van der Waals surface area contributed by atoms with Gasteiger partial charge in [0.15, 0.2) is 0 Å². The summed E-state index contributed by atoms with van der Waals surface area (Å²) in [5.74, 6) is 0.801. The molecule has 0 aliphatic heterocycles. The second-order valence-corrected chi connectivity index (χ2v) is 3.21. The third-order valence-corrected chi connectivity index (χ3v) is 2.10. The molecule has 13 heavy (non-hydrogen) atoms. The van der Waals surface area contributed by atoms with Crippen molar-refractivity contribution in [3.8, 4) is 0 Å². The number of rotatable bonds is 8. The molecule has 0 aromatic rings. The maximum Gasteiger partial charge on any atom is -0.00226 e. The van der Waals surface area contributed by atoms with Crippen LogP contribution in [0.5, 0.6) is 0 Å². The second kappa shape index (κ2) is 11.8. The second-order valence-electron chi connectivity index (χ2n) is 3.21. The Hall–Kier alpha value is -0.160. The zero-order chi connectivity index (χ0) is 9.23. The Balaban J connectivity index is 0. The fourth-order valence-corrected chi connectivity index (χ4v) is 1.33. The first-order valence-electron chi connectivity index (χ1n) is 4.79. The van der Waals surface area contributed by atoms with Crippen molar-refractivity contribution in [2.75, 3.05) is 40.8 Å². The molecule has 0 aromatic heterocycles. The van der Waals surface area contributed by atoms with Crippen LogP contribution in [0, 0.1) is 5.92 Å². The molecule has 0 saturated heterocycles. The average molecular weight is 190 g/mol. The van der Waals surface area contributed by atoms with Gasteiger partial charge in [0.25, 0.3) is 0 Å². The molecule has 0 heterocycles. The predicted octanol–water partition coefficient (Wildman–Crippen LogP) is 0.203. The molecule has 0 bridgehead atoms. The molecule has 0 radical (unpaired) electrons. The van der Waals surface area contributed by atoms with Crippen LogP contribution in [0.15, 0.2) is 0 Å². The zero-order valence-corrected chi connectivity index (χ0v) is 9.32. The van der Waals surface area contributed by atoms with Crippen molar-refractivity contribution < 1.29 is 0 Å². The smallest absolute Gasteiger partial charge is 0.00226 e. The van der Waals surface area contributed by atoms with Gasteiger partial charge >= 0.3 is 0 Å². The molecule has 0 saturated carbocycles. The van der Waals surface area contributed by atoms with Gasteiger partial charge in [0.2, 0.25) is 0 Å². The van der Waals surface area contributed by atoms with Crippen molar-refractivity contribution >= 4 is 0 Å². The van der Waals surface area contributed by atoms with Gasteiger partial charge in [-0.15, -0.1) is 0 Å². The Morgan fingerprint density at radius 1 is 0.846 bits per heavy atom. The summed E-state index contributed by atoms with van der Waals surface area (Å²) in [4.78, 5) is 0. The third kappa shape index (κ3) is 9.76. The van der Waals surface area contributed by atoms with E-state index in [1.165, 1.54) is 12.8 Å². The molecule has 82 valence electrons. The number of hydrogen-bond acceptors (Lipinski definition) is 4. The minimum atomic E-state index is 0. The van der Waals surface area contributed by atoms with Crippen molar-refractivity contribution in [1.29, 1.82) is 0 Å². The van der Waals surface area contributed by atoms with E-state index in [-0.39, 0.29) is 6.15 Å². The molecule has 4 nitrogen and oxygen atoms in total. The average Bonchev–Trinajstić information content (AvgIpc) is 2.10. The van der Waals surface area contributed by atoms with Gasteiger partial charge in [0.05, 0.1) is 0 Å². The van der Waals surface area contributed by atoms with Crippen molar-refractivity contribution in [1.82, 2.24) is 22.1 Å². The van der Waals surface area contributed by atoms with Gasteiger partial charge in [-0.3, -0.25) is 0 Å². The minimum absolute atomic E-state index is 0. The molecule has 0 aromatic carbocycles. The van der Waals surface area contributed by atoms with Crippen LogP contribution in [0.3, 0.4) is 0 Å². The molecule has 0 spiro atoms. The van der Waals surface area contributed by atoms with E-state index in [1.54, 1.807) is 0 Å². The summed E-state index contributed by atoms with van der Waals surface area (Å²) in [7, 11) is 6.04. The Bertz CT molecular complexity index is 79.7. The molecule has 0 unspecified atom stereocenters. The Labute approximate surface area is 82.4 Å². The number of hydrogen-bond donors (Lipinski definition) is 4. The molecule has 0 amide bonds. The molecular weight excluding hydrogens is 164 g/mol. The summed E-state index contributed by atoms with van der Waals surface area (Å²) >= 11 is 0. The summed E-state index contributed by atoms with van der Waals surface area (Å²) < 4.78 is 0. The summed E-state index contributed by atoms with van der Waals surface area (Å²) in [5, 5.41) is 9.60. The Morgan fingerprint density at radius 2 is 1.31 bits per heavy atom. The first-order valence-corrected chi connectivity index (χ1v) is 4.79. The Morgan fingerprint density at radius 3 is 1.62 bits per heavy atom. The standard InChI is InChI=1S/C9H23N3.H3N/c1-10-6-4-9(8-12-3)5-7-11-2;/h9-12H,4-8H2,1-3H3;1H3. The van der Waals surface area contributed by atoms with Crippen LogP contribution in [0.25, 0.3) is 0 Å². The maximum atomic E-state index is 3.23. The van der Waals surface area contributed by atoms with E-state index in [0.29, 0.717) is 0 Å².